The SMILES string of the molecule is CCc1ncncc1-c1nc2ccc(C#N)cc2[nH]1. The van der Waals surface area contributed by atoms with Crippen LogP contribution in [0, 0.1) is 11.3 Å². The van der Waals surface area contributed by atoms with Crippen LogP contribution < -0.4 is 0 Å². The van der Waals surface area contributed by atoms with Gasteiger partial charge in [-0.1, -0.05) is 6.92 Å². The molecule has 0 spiro atoms. The number of fused-ring (bicyclic) bond motifs is 1. The Bertz CT molecular complexity index is 782. The molecule has 0 aliphatic carbocycles. The molecule has 3 aromatic rings. The van der Waals surface area contributed by atoms with Crippen LogP contribution in [0.25, 0.3) is 22.4 Å². The molecule has 3 rings (SSSR count). The Labute approximate surface area is 110 Å². The minimum atomic E-state index is 0.614. The van der Waals surface area contributed by atoms with Gasteiger partial charge < -0.3 is 4.98 Å². The van der Waals surface area contributed by atoms with Crippen molar-refractivity contribution in [2.75, 3.05) is 0 Å². The third-order valence-corrected chi connectivity index (χ3v) is 3.00. The van der Waals surface area contributed by atoms with Gasteiger partial charge in [0.2, 0.25) is 0 Å². The summed E-state index contributed by atoms with van der Waals surface area (Å²) < 4.78 is 0. The highest BCUT2D eigenvalue weighted by molar-refractivity contribution is 5.80. The molecule has 0 fully saturated rings. The molecule has 1 N–H and O–H groups in total. The number of aryl methyl sites for hydroxylation is 1. The monoisotopic (exact) mass is 249 g/mol. The van der Waals surface area contributed by atoms with Gasteiger partial charge in [0.15, 0.2) is 0 Å². The Morgan fingerprint density at radius 1 is 1.37 bits per heavy atom. The predicted octanol–water partition coefficient (Wildman–Crippen LogP) is 2.45. The van der Waals surface area contributed by atoms with Gasteiger partial charge in [0, 0.05) is 6.20 Å². The predicted molar refractivity (Wildman–Crippen MR) is 71.2 cm³/mol. The summed E-state index contributed by atoms with van der Waals surface area (Å²) in [5, 5.41) is 8.90. The summed E-state index contributed by atoms with van der Waals surface area (Å²) in [6, 6.07) is 7.51. The maximum atomic E-state index is 8.90. The van der Waals surface area contributed by atoms with Crippen molar-refractivity contribution >= 4 is 11.0 Å². The number of nitrogens with zero attached hydrogens (tertiary/aromatic N) is 4. The zero-order valence-electron chi connectivity index (χ0n) is 10.4. The lowest BCUT2D eigenvalue weighted by Gasteiger charge is -2.01. The van der Waals surface area contributed by atoms with Crippen molar-refractivity contribution in [3.63, 3.8) is 0 Å². The first-order valence-electron chi connectivity index (χ1n) is 6.01. The summed E-state index contributed by atoms with van der Waals surface area (Å²) in [7, 11) is 0. The van der Waals surface area contributed by atoms with E-state index in [0.717, 1.165) is 34.5 Å². The van der Waals surface area contributed by atoms with E-state index in [1.165, 1.54) is 0 Å². The smallest absolute Gasteiger partial charge is 0.141 e. The van der Waals surface area contributed by atoms with Crippen molar-refractivity contribution in [3.8, 4) is 17.5 Å². The highest BCUT2D eigenvalue weighted by Crippen LogP contribution is 2.22. The number of nitriles is 1. The van der Waals surface area contributed by atoms with Crippen molar-refractivity contribution in [2.45, 2.75) is 13.3 Å². The molecule has 0 bridgehead atoms. The van der Waals surface area contributed by atoms with Crippen molar-refractivity contribution in [2.24, 2.45) is 0 Å². The van der Waals surface area contributed by atoms with Crippen molar-refractivity contribution in [3.05, 3.63) is 42.0 Å². The molecular formula is C14H11N5. The molecule has 5 nitrogen and oxygen atoms in total. The molecule has 2 heterocycles. The van der Waals surface area contributed by atoms with Crippen molar-refractivity contribution in [1.29, 1.82) is 5.26 Å². The lowest BCUT2D eigenvalue weighted by Crippen LogP contribution is -1.94. The Morgan fingerprint density at radius 2 is 2.26 bits per heavy atom. The number of aromatic nitrogens is 4. The maximum Gasteiger partial charge on any atom is 0.141 e. The summed E-state index contributed by atoms with van der Waals surface area (Å²) in [4.78, 5) is 16.0. The van der Waals surface area contributed by atoms with Crippen LogP contribution >= 0.6 is 0 Å². The summed E-state index contributed by atoms with van der Waals surface area (Å²) in [5.41, 5.74) is 4.15. The number of aromatic amines is 1. The van der Waals surface area contributed by atoms with Crippen LogP contribution in [0.5, 0.6) is 0 Å². The topological polar surface area (TPSA) is 78.2 Å². The van der Waals surface area contributed by atoms with E-state index in [1.54, 1.807) is 24.7 Å². The van der Waals surface area contributed by atoms with E-state index in [1.807, 2.05) is 13.0 Å². The van der Waals surface area contributed by atoms with Crippen LogP contribution in [0.4, 0.5) is 0 Å². The Balaban J connectivity index is 2.18. The third-order valence-electron chi connectivity index (χ3n) is 3.00. The fourth-order valence-corrected chi connectivity index (χ4v) is 2.04. The highest BCUT2D eigenvalue weighted by Gasteiger charge is 2.10. The maximum absolute atomic E-state index is 8.90. The summed E-state index contributed by atoms with van der Waals surface area (Å²) in [6.07, 6.45) is 4.12. The van der Waals surface area contributed by atoms with Crippen LogP contribution in [0.3, 0.4) is 0 Å². The normalized spacial score (nSPS) is 10.5. The van der Waals surface area contributed by atoms with Crippen LogP contribution in [0.15, 0.2) is 30.7 Å². The first-order chi connectivity index (χ1) is 9.31. The van der Waals surface area contributed by atoms with Gasteiger partial charge in [-0.15, -0.1) is 0 Å². The average molecular weight is 249 g/mol. The van der Waals surface area contributed by atoms with Crippen LogP contribution in [-0.2, 0) is 6.42 Å². The molecule has 0 amide bonds. The number of rotatable bonds is 2. The van der Waals surface area contributed by atoms with Gasteiger partial charge in [-0.25, -0.2) is 15.0 Å². The fourth-order valence-electron chi connectivity index (χ4n) is 2.04. The van der Waals surface area contributed by atoms with E-state index < -0.39 is 0 Å². The molecule has 0 aliphatic rings. The summed E-state index contributed by atoms with van der Waals surface area (Å²) in [6.45, 7) is 2.04. The van der Waals surface area contributed by atoms with Crippen molar-refractivity contribution < 1.29 is 0 Å². The Hall–Kier alpha value is -2.74. The van der Waals surface area contributed by atoms with Crippen LogP contribution in [0.1, 0.15) is 18.2 Å². The molecule has 2 aromatic heterocycles. The molecule has 0 radical (unpaired) electrons. The van der Waals surface area contributed by atoms with E-state index in [0.29, 0.717) is 5.56 Å². The number of imidazole rings is 1. The summed E-state index contributed by atoms with van der Waals surface area (Å²) >= 11 is 0. The molecule has 19 heavy (non-hydrogen) atoms. The van der Waals surface area contributed by atoms with E-state index in [-0.39, 0.29) is 0 Å². The molecule has 92 valence electrons. The molecule has 0 saturated heterocycles. The number of H-pyrrole nitrogens is 1. The van der Waals surface area contributed by atoms with E-state index in [2.05, 4.69) is 26.0 Å². The van der Waals surface area contributed by atoms with Gasteiger partial charge in [0.1, 0.15) is 12.2 Å². The van der Waals surface area contributed by atoms with Gasteiger partial charge in [-0.05, 0) is 24.6 Å². The highest BCUT2D eigenvalue weighted by atomic mass is 14.9. The molecule has 0 atom stereocenters. The van der Waals surface area contributed by atoms with Gasteiger partial charge in [-0.2, -0.15) is 5.26 Å². The standard InChI is InChI=1S/C14H11N5/c1-2-11-10(7-16-8-17-11)14-18-12-4-3-9(6-15)5-13(12)19-14/h3-5,7-8H,2H2,1H3,(H,18,19). The molecule has 5 heteroatoms. The third kappa shape index (κ3) is 1.93. The number of hydrogen-bond acceptors (Lipinski definition) is 4. The first kappa shape index (κ1) is 11.4. The molecule has 0 unspecified atom stereocenters. The fraction of sp³-hybridized carbons (Fsp3) is 0.143. The number of benzene rings is 1. The van der Waals surface area contributed by atoms with E-state index in [4.69, 9.17) is 5.26 Å². The van der Waals surface area contributed by atoms with E-state index >= 15 is 0 Å². The van der Waals surface area contributed by atoms with Gasteiger partial charge in [-0.3, -0.25) is 0 Å². The quantitative estimate of drug-likeness (QED) is 0.756. The molecule has 0 saturated carbocycles. The average Bonchev–Trinajstić information content (AvgIpc) is 2.89. The lowest BCUT2D eigenvalue weighted by molar-refractivity contribution is 0.995. The molecule has 0 aliphatic heterocycles. The second-order valence-corrected chi connectivity index (χ2v) is 4.17. The molecular weight excluding hydrogens is 238 g/mol. The Kier molecular flexibility index (Phi) is 2.69. The minimum absolute atomic E-state index is 0.614. The first-order valence-corrected chi connectivity index (χ1v) is 6.01. The molecule has 1 aromatic carbocycles. The Morgan fingerprint density at radius 3 is 3.05 bits per heavy atom. The van der Waals surface area contributed by atoms with Crippen molar-refractivity contribution in [1.82, 2.24) is 19.9 Å². The zero-order chi connectivity index (χ0) is 13.2. The number of nitrogens with one attached hydrogen (secondary N) is 1. The second kappa shape index (κ2) is 4.50. The summed E-state index contributed by atoms with van der Waals surface area (Å²) in [5.74, 6) is 0.738. The van der Waals surface area contributed by atoms with Crippen LogP contribution in [-0.4, -0.2) is 19.9 Å². The van der Waals surface area contributed by atoms with E-state index in [9.17, 15) is 0 Å². The second-order valence-electron chi connectivity index (χ2n) is 4.17. The minimum Gasteiger partial charge on any atom is -0.338 e. The van der Waals surface area contributed by atoms with Gasteiger partial charge in [0.25, 0.3) is 0 Å². The van der Waals surface area contributed by atoms with Gasteiger partial charge in [0.05, 0.1) is 33.9 Å². The van der Waals surface area contributed by atoms with Gasteiger partial charge >= 0.3 is 0 Å². The zero-order valence-corrected chi connectivity index (χ0v) is 10.4. The largest absolute Gasteiger partial charge is 0.338 e. The lowest BCUT2D eigenvalue weighted by atomic mass is 10.2. The number of hydrogen-bond donors (Lipinski definition) is 1. The van der Waals surface area contributed by atoms with Crippen LogP contribution in [0.2, 0.25) is 0 Å².